The third-order valence-corrected chi connectivity index (χ3v) is 5.26. The molecule has 0 saturated carbocycles. The van der Waals surface area contributed by atoms with Crippen LogP contribution in [-0.4, -0.2) is 69.0 Å². The molecule has 0 aliphatic carbocycles. The molecule has 0 bridgehead atoms. The molecule has 1 aliphatic heterocycles. The summed E-state index contributed by atoms with van der Waals surface area (Å²) in [6, 6.07) is 15.7. The van der Waals surface area contributed by atoms with Gasteiger partial charge in [0.25, 0.3) is 5.91 Å². The van der Waals surface area contributed by atoms with Crippen molar-refractivity contribution < 1.29 is 4.79 Å². The van der Waals surface area contributed by atoms with Gasteiger partial charge in [-0.15, -0.1) is 24.0 Å². The van der Waals surface area contributed by atoms with Gasteiger partial charge in [-0.25, -0.2) is 0 Å². The smallest absolute Gasteiger partial charge is 0.253 e. The van der Waals surface area contributed by atoms with Gasteiger partial charge in [0.15, 0.2) is 5.96 Å². The van der Waals surface area contributed by atoms with Crippen LogP contribution in [0.4, 0.5) is 5.69 Å². The second-order valence-corrected chi connectivity index (χ2v) is 7.69. The van der Waals surface area contributed by atoms with Gasteiger partial charge in [0.1, 0.15) is 0 Å². The van der Waals surface area contributed by atoms with Crippen LogP contribution in [0.3, 0.4) is 0 Å². The van der Waals surface area contributed by atoms with Crippen LogP contribution in [-0.2, 0) is 6.54 Å². The van der Waals surface area contributed by atoms with Crippen molar-refractivity contribution in [1.29, 1.82) is 0 Å². The van der Waals surface area contributed by atoms with Crippen molar-refractivity contribution in [3.8, 4) is 0 Å². The Morgan fingerprint density at radius 2 is 1.77 bits per heavy atom. The van der Waals surface area contributed by atoms with Crippen molar-refractivity contribution in [1.82, 2.24) is 15.1 Å². The molecule has 2 aromatic rings. The van der Waals surface area contributed by atoms with Crippen LogP contribution in [0.2, 0.25) is 5.02 Å². The van der Waals surface area contributed by atoms with E-state index in [1.807, 2.05) is 49.5 Å². The highest BCUT2D eigenvalue weighted by Gasteiger charge is 2.20. The first kappa shape index (κ1) is 24.3. The Bertz CT molecular complexity index is 864. The lowest BCUT2D eigenvalue weighted by Gasteiger charge is -2.37. The second-order valence-electron chi connectivity index (χ2n) is 7.25. The number of anilines is 1. The van der Waals surface area contributed by atoms with Crippen molar-refractivity contribution in [2.45, 2.75) is 6.54 Å². The largest absolute Gasteiger partial charge is 0.368 e. The standard InChI is InChI=1S/C22H28ClN5O.HI/c1-24-22(25-16-17-7-9-18(10-8-17)21(29)26(2)3)28-13-11-27(12-14-28)20-6-4-5-19(23)15-20;/h4-10,15H,11-14,16H2,1-3H3,(H,24,25);1H. The summed E-state index contributed by atoms with van der Waals surface area (Å²) < 4.78 is 0. The number of halogens is 2. The monoisotopic (exact) mass is 541 g/mol. The topological polar surface area (TPSA) is 51.2 Å². The minimum atomic E-state index is 0. The number of nitrogens with one attached hydrogen (secondary N) is 1. The normalized spacial score (nSPS) is 14.2. The van der Waals surface area contributed by atoms with Crippen molar-refractivity contribution >= 4 is 53.1 Å². The highest BCUT2D eigenvalue weighted by Crippen LogP contribution is 2.20. The third-order valence-electron chi connectivity index (χ3n) is 5.02. The minimum Gasteiger partial charge on any atom is -0.368 e. The Morgan fingerprint density at radius 3 is 2.33 bits per heavy atom. The Balaban J connectivity index is 0.00000320. The molecule has 0 unspecified atom stereocenters. The Kier molecular flexibility index (Phi) is 9.23. The van der Waals surface area contributed by atoms with Gasteiger partial charge >= 0.3 is 0 Å². The summed E-state index contributed by atoms with van der Waals surface area (Å²) in [6.07, 6.45) is 0. The SMILES string of the molecule is CN=C(NCc1ccc(C(=O)N(C)C)cc1)N1CCN(c2cccc(Cl)c2)CC1.I. The molecule has 1 N–H and O–H groups in total. The maximum atomic E-state index is 12.0. The summed E-state index contributed by atoms with van der Waals surface area (Å²) >= 11 is 6.12. The number of aliphatic imine (C=N–C) groups is 1. The van der Waals surface area contributed by atoms with Gasteiger partial charge in [-0.05, 0) is 35.9 Å². The lowest BCUT2D eigenvalue weighted by Crippen LogP contribution is -2.52. The highest BCUT2D eigenvalue weighted by atomic mass is 127. The van der Waals surface area contributed by atoms with Gasteiger partial charge in [0, 0.05) is 70.1 Å². The fourth-order valence-electron chi connectivity index (χ4n) is 3.39. The lowest BCUT2D eigenvalue weighted by molar-refractivity contribution is 0.0827. The van der Waals surface area contributed by atoms with Gasteiger partial charge in [-0.3, -0.25) is 9.79 Å². The molecule has 1 amide bonds. The highest BCUT2D eigenvalue weighted by molar-refractivity contribution is 14.0. The molecular formula is C22H29ClIN5O. The molecule has 1 aliphatic rings. The Morgan fingerprint density at radius 1 is 1.10 bits per heavy atom. The predicted molar refractivity (Wildman–Crippen MR) is 135 cm³/mol. The number of carbonyl (C=O) groups is 1. The van der Waals surface area contributed by atoms with Crippen LogP contribution in [0.15, 0.2) is 53.5 Å². The van der Waals surface area contributed by atoms with E-state index in [1.54, 1.807) is 19.0 Å². The first-order valence-electron chi connectivity index (χ1n) is 9.74. The first-order valence-corrected chi connectivity index (χ1v) is 10.1. The number of rotatable bonds is 4. The van der Waals surface area contributed by atoms with E-state index in [0.717, 1.165) is 48.4 Å². The van der Waals surface area contributed by atoms with E-state index < -0.39 is 0 Å². The summed E-state index contributed by atoms with van der Waals surface area (Å²) in [5, 5.41) is 4.20. The number of amides is 1. The van der Waals surface area contributed by atoms with Crippen molar-refractivity contribution in [3.05, 3.63) is 64.7 Å². The number of hydrogen-bond donors (Lipinski definition) is 1. The molecule has 0 radical (unpaired) electrons. The molecule has 1 fully saturated rings. The van der Waals surface area contributed by atoms with Gasteiger partial charge in [0.05, 0.1) is 0 Å². The zero-order chi connectivity index (χ0) is 20.8. The number of piperazine rings is 1. The maximum absolute atomic E-state index is 12.0. The average Bonchev–Trinajstić information content (AvgIpc) is 2.74. The number of carbonyl (C=O) groups excluding carboxylic acids is 1. The molecule has 0 atom stereocenters. The van der Waals surface area contributed by atoms with Gasteiger partial charge in [0.2, 0.25) is 0 Å². The molecule has 0 aromatic heterocycles. The maximum Gasteiger partial charge on any atom is 0.253 e. The quantitative estimate of drug-likeness (QED) is 0.365. The van der Waals surface area contributed by atoms with Gasteiger partial charge < -0.3 is 20.0 Å². The molecule has 2 aromatic carbocycles. The van der Waals surface area contributed by atoms with E-state index in [2.05, 4.69) is 26.2 Å². The molecule has 30 heavy (non-hydrogen) atoms. The second kappa shape index (κ2) is 11.4. The van der Waals surface area contributed by atoms with Crippen molar-refractivity contribution in [2.75, 3.05) is 52.2 Å². The summed E-state index contributed by atoms with van der Waals surface area (Å²) in [4.78, 5) is 22.6. The average molecular weight is 542 g/mol. The number of benzene rings is 2. The summed E-state index contributed by atoms with van der Waals surface area (Å²) in [5.74, 6) is 0.905. The molecule has 8 heteroatoms. The lowest BCUT2D eigenvalue weighted by atomic mass is 10.1. The molecule has 1 heterocycles. The molecule has 6 nitrogen and oxygen atoms in total. The van der Waals surface area contributed by atoms with Crippen LogP contribution in [0.1, 0.15) is 15.9 Å². The first-order chi connectivity index (χ1) is 14.0. The van der Waals surface area contributed by atoms with Crippen LogP contribution in [0.5, 0.6) is 0 Å². The van der Waals surface area contributed by atoms with Crippen LogP contribution < -0.4 is 10.2 Å². The number of guanidine groups is 1. The summed E-state index contributed by atoms with van der Waals surface area (Å²) in [6.45, 7) is 4.29. The minimum absolute atomic E-state index is 0. The van der Waals surface area contributed by atoms with Gasteiger partial charge in [-0.1, -0.05) is 29.8 Å². The fraction of sp³-hybridized carbons (Fsp3) is 0.364. The predicted octanol–water partition coefficient (Wildman–Crippen LogP) is 3.56. The van der Waals surface area contributed by atoms with E-state index >= 15 is 0 Å². The fourth-order valence-corrected chi connectivity index (χ4v) is 3.57. The third kappa shape index (κ3) is 6.25. The van der Waals surface area contributed by atoms with Crippen molar-refractivity contribution in [3.63, 3.8) is 0 Å². The van der Waals surface area contributed by atoms with E-state index in [-0.39, 0.29) is 29.9 Å². The zero-order valence-corrected chi connectivity index (χ0v) is 20.7. The summed E-state index contributed by atoms with van der Waals surface area (Å²) in [7, 11) is 5.33. The molecule has 162 valence electrons. The van der Waals surface area contributed by atoms with E-state index in [1.165, 1.54) is 0 Å². The van der Waals surface area contributed by atoms with Gasteiger partial charge in [-0.2, -0.15) is 0 Å². The van der Waals surface area contributed by atoms with Crippen molar-refractivity contribution in [2.24, 2.45) is 4.99 Å². The molecule has 0 spiro atoms. The van der Waals surface area contributed by atoms with Crippen LogP contribution >= 0.6 is 35.6 Å². The summed E-state index contributed by atoms with van der Waals surface area (Å²) in [5.41, 5.74) is 2.96. The zero-order valence-electron chi connectivity index (χ0n) is 17.6. The van der Waals surface area contributed by atoms with Crippen LogP contribution in [0.25, 0.3) is 0 Å². The number of hydrogen-bond acceptors (Lipinski definition) is 3. The van der Waals surface area contributed by atoms with E-state index in [0.29, 0.717) is 12.1 Å². The van der Waals surface area contributed by atoms with E-state index in [4.69, 9.17) is 11.6 Å². The number of nitrogens with zero attached hydrogens (tertiary/aromatic N) is 4. The molecule has 1 saturated heterocycles. The Hall–Kier alpha value is -2.00. The Labute approximate surface area is 200 Å². The molecular weight excluding hydrogens is 513 g/mol. The molecule has 3 rings (SSSR count). The van der Waals surface area contributed by atoms with Crippen LogP contribution in [0, 0.1) is 0 Å². The van der Waals surface area contributed by atoms with E-state index in [9.17, 15) is 4.79 Å².